The fourth-order valence-electron chi connectivity index (χ4n) is 4.76. The molecule has 0 atom stereocenters. The topological polar surface area (TPSA) is 103 Å². The maximum absolute atomic E-state index is 13.4. The number of para-hydroxylation sites is 1. The van der Waals surface area contributed by atoms with Gasteiger partial charge in [-0.3, -0.25) is 9.69 Å². The number of anilines is 3. The molecule has 0 unspecified atom stereocenters. The zero-order chi connectivity index (χ0) is 25.7. The van der Waals surface area contributed by atoms with Gasteiger partial charge in [-0.15, -0.1) is 0 Å². The molecule has 0 radical (unpaired) electrons. The third kappa shape index (κ3) is 4.15. The van der Waals surface area contributed by atoms with E-state index in [0.717, 1.165) is 18.7 Å². The van der Waals surface area contributed by atoms with Crippen LogP contribution in [0, 0.1) is 11.3 Å². The highest BCUT2D eigenvalue weighted by molar-refractivity contribution is 6.34. The first-order chi connectivity index (χ1) is 17.1. The predicted molar refractivity (Wildman–Crippen MR) is 139 cm³/mol. The minimum absolute atomic E-state index is 0.0710. The molecule has 2 aliphatic rings. The molecule has 0 aliphatic carbocycles. The third-order valence-corrected chi connectivity index (χ3v) is 7.07. The van der Waals surface area contributed by atoms with Crippen LogP contribution < -0.4 is 20.3 Å². The summed E-state index contributed by atoms with van der Waals surface area (Å²) < 4.78 is 5.88. The second-order valence-corrected chi connectivity index (χ2v) is 10.5. The van der Waals surface area contributed by atoms with Crippen LogP contribution in [-0.4, -0.2) is 29.2 Å². The smallest absolute Gasteiger partial charge is 0.268 e. The third-order valence-electron chi connectivity index (χ3n) is 6.77. The highest BCUT2D eigenvalue weighted by atomic mass is 35.5. The number of rotatable bonds is 4. The molecule has 0 saturated heterocycles. The van der Waals surface area contributed by atoms with E-state index in [9.17, 15) is 10.1 Å². The lowest BCUT2D eigenvalue weighted by Crippen LogP contribution is -2.42. The molecule has 3 heterocycles. The summed E-state index contributed by atoms with van der Waals surface area (Å²) >= 11 is 6.50. The van der Waals surface area contributed by atoms with E-state index in [4.69, 9.17) is 16.3 Å². The lowest BCUT2D eigenvalue weighted by molar-refractivity contribution is 0.0932. The highest BCUT2D eigenvalue weighted by Crippen LogP contribution is 2.40. The summed E-state index contributed by atoms with van der Waals surface area (Å²) in [4.78, 5) is 23.7. The molecule has 0 saturated carbocycles. The highest BCUT2D eigenvalue weighted by Gasteiger charge is 2.35. The SMILES string of the molecule is CC(C)(C#N)c1cccc(Cl)c1N1COc2nc(Nc3ccc4c(c3)CCNC4(C)C)ncc2C1=O. The van der Waals surface area contributed by atoms with Gasteiger partial charge in [-0.2, -0.15) is 10.2 Å². The Kier molecular flexibility index (Phi) is 5.86. The van der Waals surface area contributed by atoms with Gasteiger partial charge in [-0.05, 0) is 75.5 Å². The van der Waals surface area contributed by atoms with Crippen molar-refractivity contribution in [1.82, 2.24) is 15.3 Å². The molecule has 1 aromatic heterocycles. The van der Waals surface area contributed by atoms with Crippen LogP contribution in [0.2, 0.25) is 5.02 Å². The minimum Gasteiger partial charge on any atom is -0.455 e. The number of halogens is 1. The zero-order valence-corrected chi connectivity index (χ0v) is 21.4. The number of nitrogens with one attached hydrogen (secondary N) is 2. The molecule has 2 N–H and O–H groups in total. The van der Waals surface area contributed by atoms with Crippen LogP contribution in [0.1, 0.15) is 54.7 Å². The van der Waals surface area contributed by atoms with Crippen molar-refractivity contribution in [2.24, 2.45) is 0 Å². The molecule has 184 valence electrons. The average Bonchev–Trinajstić information content (AvgIpc) is 2.84. The first-order valence-corrected chi connectivity index (χ1v) is 12.2. The fourth-order valence-corrected chi connectivity index (χ4v) is 5.03. The molecule has 9 heteroatoms. The van der Waals surface area contributed by atoms with Crippen LogP contribution in [0.15, 0.2) is 42.6 Å². The van der Waals surface area contributed by atoms with E-state index in [1.807, 2.05) is 6.07 Å². The van der Waals surface area contributed by atoms with Crippen molar-refractivity contribution in [2.75, 3.05) is 23.5 Å². The van der Waals surface area contributed by atoms with Crippen LogP contribution in [0.25, 0.3) is 0 Å². The normalized spacial score (nSPS) is 16.4. The van der Waals surface area contributed by atoms with Gasteiger partial charge in [-0.1, -0.05) is 29.8 Å². The molecule has 2 aliphatic heterocycles. The van der Waals surface area contributed by atoms with Crippen molar-refractivity contribution in [3.8, 4) is 11.9 Å². The number of nitrogens with zero attached hydrogens (tertiary/aromatic N) is 4. The quantitative estimate of drug-likeness (QED) is 0.514. The Morgan fingerprint density at radius 2 is 2.08 bits per heavy atom. The largest absolute Gasteiger partial charge is 0.455 e. The standard InChI is InChI=1S/C27H27ClN6O2/c1-26(2,14-29)20-6-5-7-21(28)22(20)34-15-36-23-18(24(34)35)13-30-25(33-23)32-17-8-9-19-16(12-17)10-11-31-27(19,3)4/h5-9,12-13,31H,10-11,15H2,1-4H3,(H,30,32,33). The van der Waals surface area contributed by atoms with Crippen LogP contribution in [0.4, 0.5) is 17.3 Å². The molecule has 3 aromatic rings. The van der Waals surface area contributed by atoms with E-state index in [1.165, 1.54) is 22.2 Å². The monoisotopic (exact) mass is 502 g/mol. The first kappa shape index (κ1) is 24.0. The predicted octanol–water partition coefficient (Wildman–Crippen LogP) is 5.05. The number of benzene rings is 2. The molecule has 2 aromatic carbocycles. The Labute approximate surface area is 215 Å². The summed E-state index contributed by atoms with van der Waals surface area (Å²) in [6.45, 7) is 8.76. The van der Waals surface area contributed by atoms with E-state index in [1.54, 1.807) is 32.0 Å². The van der Waals surface area contributed by atoms with Crippen LogP contribution in [0.3, 0.4) is 0 Å². The zero-order valence-electron chi connectivity index (χ0n) is 20.6. The van der Waals surface area contributed by atoms with Gasteiger partial charge in [0.2, 0.25) is 11.8 Å². The summed E-state index contributed by atoms with van der Waals surface area (Å²) in [6.07, 6.45) is 2.40. The Morgan fingerprint density at radius 1 is 1.28 bits per heavy atom. The summed E-state index contributed by atoms with van der Waals surface area (Å²) in [5.74, 6) is 0.201. The van der Waals surface area contributed by atoms with Gasteiger partial charge in [0.25, 0.3) is 5.91 Å². The second-order valence-electron chi connectivity index (χ2n) is 10.1. The summed E-state index contributed by atoms with van der Waals surface area (Å²) in [5, 5.41) is 16.8. The maximum atomic E-state index is 13.4. The molecule has 0 bridgehead atoms. The molecular formula is C27H27ClN6O2. The van der Waals surface area contributed by atoms with E-state index in [-0.39, 0.29) is 29.6 Å². The van der Waals surface area contributed by atoms with Gasteiger partial charge in [-0.25, -0.2) is 4.98 Å². The maximum Gasteiger partial charge on any atom is 0.268 e. The number of carbonyl (C=O) groups is 1. The molecule has 5 rings (SSSR count). The lowest BCUT2D eigenvalue weighted by Gasteiger charge is -2.34. The number of nitriles is 1. The molecule has 8 nitrogen and oxygen atoms in total. The van der Waals surface area contributed by atoms with Crippen molar-refractivity contribution in [2.45, 2.75) is 45.1 Å². The van der Waals surface area contributed by atoms with Gasteiger partial charge in [0.05, 0.1) is 22.2 Å². The van der Waals surface area contributed by atoms with Gasteiger partial charge in [0, 0.05) is 17.4 Å². The van der Waals surface area contributed by atoms with E-state index in [0.29, 0.717) is 22.2 Å². The Bertz CT molecular complexity index is 1410. The van der Waals surface area contributed by atoms with E-state index >= 15 is 0 Å². The molecule has 0 fully saturated rings. The number of carbonyl (C=O) groups excluding carboxylic acids is 1. The van der Waals surface area contributed by atoms with Crippen molar-refractivity contribution in [3.63, 3.8) is 0 Å². The lowest BCUT2D eigenvalue weighted by atomic mass is 9.84. The summed E-state index contributed by atoms with van der Waals surface area (Å²) in [7, 11) is 0. The Morgan fingerprint density at radius 3 is 2.86 bits per heavy atom. The number of hydrogen-bond acceptors (Lipinski definition) is 7. The summed E-state index contributed by atoms with van der Waals surface area (Å²) in [5.41, 5.74) is 3.82. The number of fused-ring (bicyclic) bond motifs is 2. The second kappa shape index (κ2) is 8.77. The van der Waals surface area contributed by atoms with Crippen molar-refractivity contribution in [3.05, 3.63) is 69.9 Å². The Balaban J connectivity index is 1.42. The molecule has 1 amide bonds. The van der Waals surface area contributed by atoms with E-state index in [2.05, 4.69) is 52.7 Å². The van der Waals surface area contributed by atoms with Gasteiger partial charge >= 0.3 is 0 Å². The van der Waals surface area contributed by atoms with Gasteiger partial charge < -0.3 is 15.4 Å². The first-order valence-electron chi connectivity index (χ1n) is 11.8. The van der Waals surface area contributed by atoms with Gasteiger partial charge in [0.15, 0.2) is 6.73 Å². The molecule has 36 heavy (non-hydrogen) atoms. The minimum atomic E-state index is -0.856. The number of amides is 1. The number of ether oxygens (including phenoxy) is 1. The number of aromatic nitrogens is 2. The van der Waals surface area contributed by atoms with Crippen molar-refractivity contribution < 1.29 is 9.53 Å². The van der Waals surface area contributed by atoms with Crippen LogP contribution in [-0.2, 0) is 17.4 Å². The van der Waals surface area contributed by atoms with Gasteiger partial charge in [0.1, 0.15) is 5.56 Å². The molecular weight excluding hydrogens is 476 g/mol. The van der Waals surface area contributed by atoms with E-state index < -0.39 is 5.41 Å². The average molecular weight is 503 g/mol. The fraction of sp³-hybridized carbons (Fsp3) is 0.333. The van der Waals surface area contributed by atoms with Crippen molar-refractivity contribution in [1.29, 1.82) is 5.26 Å². The number of hydrogen-bond donors (Lipinski definition) is 2. The van der Waals surface area contributed by atoms with Crippen LogP contribution in [0.5, 0.6) is 5.88 Å². The van der Waals surface area contributed by atoms with Crippen molar-refractivity contribution >= 4 is 34.8 Å². The molecule has 0 spiro atoms. The van der Waals surface area contributed by atoms with Crippen LogP contribution >= 0.6 is 11.6 Å². The summed E-state index contributed by atoms with van der Waals surface area (Å²) in [6, 6.07) is 13.8. The Hall–Kier alpha value is -3.67.